The fraction of sp³-hybridized carbons (Fsp3) is 0.333. The number of aryl methyl sites for hydroxylation is 1. The molecule has 1 rings (SSSR count). The van der Waals surface area contributed by atoms with E-state index in [0.717, 1.165) is 6.20 Å². The summed E-state index contributed by atoms with van der Waals surface area (Å²) in [4.78, 5) is 14.1. The number of ether oxygens (including phenoxy) is 1. The van der Waals surface area contributed by atoms with Gasteiger partial charge in [0.05, 0.1) is 6.20 Å². The molecule has 0 saturated heterocycles. The van der Waals surface area contributed by atoms with Gasteiger partial charge in [0, 0.05) is 0 Å². The highest BCUT2D eigenvalue weighted by molar-refractivity contribution is 5.87. The van der Waals surface area contributed by atoms with Gasteiger partial charge in [-0.25, -0.2) is 9.78 Å². The van der Waals surface area contributed by atoms with Crippen LogP contribution < -0.4 is 4.74 Å². The van der Waals surface area contributed by atoms with E-state index in [9.17, 15) is 18.0 Å². The summed E-state index contributed by atoms with van der Waals surface area (Å²) < 4.78 is 39.8. The normalized spacial score (nSPS) is 11.2. The number of rotatable bonds is 3. The van der Waals surface area contributed by atoms with Gasteiger partial charge in [0.25, 0.3) is 0 Å². The summed E-state index contributed by atoms with van der Waals surface area (Å²) in [5, 5.41) is 8.63. The fourth-order valence-electron chi connectivity index (χ4n) is 1.02. The molecule has 4 nitrogen and oxygen atoms in total. The van der Waals surface area contributed by atoms with Gasteiger partial charge < -0.3 is 9.84 Å². The van der Waals surface area contributed by atoms with Crippen molar-refractivity contribution in [3.05, 3.63) is 23.5 Å². The van der Waals surface area contributed by atoms with E-state index in [1.165, 1.54) is 13.0 Å². The number of halogens is 3. The lowest BCUT2D eigenvalue weighted by Crippen LogP contribution is -2.19. The summed E-state index contributed by atoms with van der Waals surface area (Å²) in [6.45, 7) is -0.00254. The van der Waals surface area contributed by atoms with E-state index in [0.29, 0.717) is 0 Å². The molecule has 0 unspecified atom stereocenters. The molecule has 0 fully saturated rings. The van der Waals surface area contributed by atoms with E-state index < -0.39 is 18.8 Å². The topological polar surface area (TPSA) is 59.4 Å². The number of carbonyl (C=O) groups is 1. The number of alkyl halides is 3. The van der Waals surface area contributed by atoms with Crippen LogP contribution in [0.2, 0.25) is 0 Å². The van der Waals surface area contributed by atoms with Crippen LogP contribution in [-0.4, -0.2) is 28.8 Å². The molecule has 0 radical (unpaired) electrons. The molecular formula is C9H8F3NO3. The number of nitrogens with zero attached hydrogens (tertiary/aromatic N) is 1. The molecule has 0 aromatic carbocycles. The van der Waals surface area contributed by atoms with Gasteiger partial charge in [-0.2, -0.15) is 13.2 Å². The highest BCUT2D eigenvalue weighted by Crippen LogP contribution is 2.19. The van der Waals surface area contributed by atoms with Gasteiger partial charge in [-0.1, -0.05) is 0 Å². The number of carboxylic acid groups (broad SMARTS) is 1. The molecule has 1 heterocycles. The molecule has 0 atom stereocenters. The summed E-state index contributed by atoms with van der Waals surface area (Å²) in [5.74, 6) is -1.35. The molecule has 0 saturated carbocycles. The van der Waals surface area contributed by atoms with Crippen LogP contribution in [0.15, 0.2) is 12.3 Å². The van der Waals surface area contributed by atoms with Crippen LogP contribution in [0.1, 0.15) is 16.1 Å². The number of hydrogen-bond acceptors (Lipinski definition) is 3. The lowest BCUT2D eigenvalue weighted by molar-refractivity contribution is -0.153. The van der Waals surface area contributed by atoms with Crippen molar-refractivity contribution in [1.29, 1.82) is 0 Å². The lowest BCUT2D eigenvalue weighted by Gasteiger charge is -2.09. The number of pyridine rings is 1. The first-order valence-electron chi connectivity index (χ1n) is 4.19. The van der Waals surface area contributed by atoms with Crippen molar-refractivity contribution in [3.8, 4) is 5.75 Å². The third-order valence-electron chi connectivity index (χ3n) is 1.66. The molecule has 0 spiro atoms. The molecule has 88 valence electrons. The predicted octanol–water partition coefficient (Wildman–Crippen LogP) is 2.03. The maximum atomic E-state index is 11.8. The summed E-state index contributed by atoms with van der Waals surface area (Å²) in [6.07, 6.45) is -3.48. The maximum absolute atomic E-state index is 11.8. The summed E-state index contributed by atoms with van der Waals surface area (Å²) >= 11 is 0. The second-order valence-corrected chi connectivity index (χ2v) is 3.05. The minimum Gasteiger partial charge on any atom is -0.482 e. The Balaban J connectivity index is 2.78. The quantitative estimate of drug-likeness (QED) is 0.870. The largest absolute Gasteiger partial charge is 0.482 e. The first-order chi connectivity index (χ1) is 7.29. The van der Waals surface area contributed by atoms with E-state index in [1.807, 2.05) is 0 Å². The van der Waals surface area contributed by atoms with Gasteiger partial charge in [0.1, 0.15) is 5.75 Å². The molecule has 0 aliphatic carbocycles. The Morgan fingerprint density at radius 3 is 2.62 bits per heavy atom. The van der Waals surface area contributed by atoms with Crippen molar-refractivity contribution < 1.29 is 27.8 Å². The zero-order valence-electron chi connectivity index (χ0n) is 8.21. The lowest BCUT2D eigenvalue weighted by atomic mass is 10.2. The smallest absolute Gasteiger partial charge is 0.422 e. The number of aromatic nitrogens is 1. The van der Waals surface area contributed by atoms with E-state index in [-0.39, 0.29) is 17.0 Å². The summed E-state index contributed by atoms with van der Waals surface area (Å²) in [5.41, 5.74) is 0.0338. The van der Waals surface area contributed by atoms with Crippen LogP contribution in [0.4, 0.5) is 13.2 Å². The SMILES string of the molecule is Cc1cc(OCC(F)(F)F)cnc1C(=O)O. The molecule has 1 N–H and O–H groups in total. The number of hydrogen-bond donors (Lipinski definition) is 1. The van der Waals surface area contributed by atoms with E-state index in [1.54, 1.807) is 0 Å². The van der Waals surface area contributed by atoms with Crippen LogP contribution in [0.3, 0.4) is 0 Å². The number of aromatic carboxylic acids is 1. The van der Waals surface area contributed by atoms with Crippen molar-refractivity contribution in [3.63, 3.8) is 0 Å². The molecule has 0 bridgehead atoms. The molecule has 16 heavy (non-hydrogen) atoms. The van der Waals surface area contributed by atoms with E-state index >= 15 is 0 Å². The van der Waals surface area contributed by atoms with Crippen LogP contribution in [0.25, 0.3) is 0 Å². The van der Waals surface area contributed by atoms with Crippen molar-refractivity contribution in [2.24, 2.45) is 0 Å². The van der Waals surface area contributed by atoms with E-state index in [2.05, 4.69) is 9.72 Å². The highest BCUT2D eigenvalue weighted by Gasteiger charge is 2.28. The molecule has 0 aliphatic rings. The van der Waals surface area contributed by atoms with Gasteiger partial charge in [-0.3, -0.25) is 0 Å². The van der Waals surface area contributed by atoms with Crippen molar-refractivity contribution in [2.45, 2.75) is 13.1 Å². The predicted molar refractivity (Wildman–Crippen MR) is 47.5 cm³/mol. The number of carboxylic acids is 1. The van der Waals surface area contributed by atoms with Crippen molar-refractivity contribution in [2.75, 3.05) is 6.61 Å². The Kier molecular flexibility index (Phi) is 3.36. The van der Waals surface area contributed by atoms with Crippen LogP contribution in [-0.2, 0) is 0 Å². The Labute approximate surface area is 88.7 Å². The molecule has 0 amide bonds. The Morgan fingerprint density at radius 2 is 2.19 bits per heavy atom. The van der Waals surface area contributed by atoms with Crippen molar-refractivity contribution >= 4 is 5.97 Å². The average molecular weight is 235 g/mol. The third-order valence-corrected chi connectivity index (χ3v) is 1.66. The second kappa shape index (κ2) is 4.38. The minimum absolute atomic E-state index is 0.111. The highest BCUT2D eigenvalue weighted by atomic mass is 19.4. The first-order valence-corrected chi connectivity index (χ1v) is 4.19. The van der Waals surface area contributed by atoms with Gasteiger partial charge >= 0.3 is 12.1 Å². The van der Waals surface area contributed by atoms with Crippen molar-refractivity contribution in [1.82, 2.24) is 4.98 Å². The third kappa shape index (κ3) is 3.41. The zero-order valence-corrected chi connectivity index (χ0v) is 8.21. The van der Waals surface area contributed by atoms with Gasteiger partial charge in [0.2, 0.25) is 0 Å². The van der Waals surface area contributed by atoms with E-state index in [4.69, 9.17) is 5.11 Å². The molecule has 1 aromatic heterocycles. The fourth-order valence-corrected chi connectivity index (χ4v) is 1.02. The summed E-state index contributed by atoms with van der Waals surface area (Å²) in [7, 11) is 0. The van der Waals surface area contributed by atoms with Crippen LogP contribution in [0, 0.1) is 6.92 Å². The Bertz CT molecular complexity index is 403. The molecule has 7 heteroatoms. The van der Waals surface area contributed by atoms with Gasteiger partial charge in [-0.15, -0.1) is 0 Å². The maximum Gasteiger partial charge on any atom is 0.422 e. The monoisotopic (exact) mass is 235 g/mol. The molecule has 1 aromatic rings. The molecule has 0 aliphatic heterocycles. The standard InChI is InChI=1S/C9H8F3NO3/c1-5-2-6(16-4-9(10,11)12)3-13-7(5)8(14)15/h2-3H,4H2,1H3,(H,14,15). The van der Waals surface area contributed by atoms with Gasteiger partial charge in [-0.05, 0) is 18.6 Å². The minimum atomic E-state index is -4.43. The Hall–Kier alpha value is -1.79. The van der Waals surface area contributed by atoms with Crippen LogP contribution in [0.5, 0.6) is 5.75 Å². The average Bonchev–Trinajstić information content (AvgIpc) is 2.13. The Morgan fingerprint density at radius 1 is 1.56 bits per heavy atom. The van der Waals surface area contributed by atoms with Crippen LogP contribution >= 0.6 is 0 Å². The zero-order chi connectivity index (χ0) is 12.3. The van der Waals surface area contributed by atoms with Gasteiger partial charge in [0.15, 0.2) is 12.3 Å². The molecular weight excluding hydrogens is 227 g/mol. The second-order valence-electron chi connectivity index (χ2n) is 3.05. The summed E-state index contributed by atoms with van der Waals surface area (Å²) in [6, 6.07) is 1.20. The first kappa shape index (κ1) is 12.3.